The van der Waals surface area contributed by atoms with Crippen LogP contribution < -0.4 is 10.1 Å². The molecule has 0 saturated carbocycles. The van der Waals surface area contributed by atoms with Crippen LogP contribution in [-0.4, -0.2) is 35.1 Å². The largest absolute Gasteiger partial charge is 0.484 e. The van der Waals surface area contributed by atoms with E-state index < -0.39 is 22.2 Å². The molecule has 120 valence electrons. The predicted octanol–water partition coefficient (Wildman–Crippen LogP) is 1.59. The first-order valence-electron chi connectivity index (χ1n) is 6.60. The predicted molar refractivity (Wildman–Crippen MR) is 77.6 cm³/mol. The van der Waals surface area contributed by atoms with Crippen molar-refractivity contribution in [3.63, 3.8) is 0 Å². The number of nitrogens with one attached hydrogen (secondary N) is 1. The number of carboxylic acid groups (broad SMARTS) is 1. The lowest BCUT2D eigenvalue weighted by Gasteiger charge is -2.18. The maximum Gasteiger partial charge on any atom is 0.309 e. The summed E-state index contributed by atoms with van der Waals surface area (Å²) in [5, 5.41) is 22.1. The number of benzene rings is 1. The van der Waals surface area contributed by atoms with Crippen molar-refractivity contribution in [2.24, 2.45) is 5.41 Å². The lowest BCUT2D eigenvalue weighted by atomic mass is 9.90. The number of hydrogen-bond acceptors (Lipinski definition) is 5. The number of ether oxygens (including phenoxy) is 1. The average molecular weight is 310 g/mol. The van der Waals surface area contributed by atoms with Gasteiger partial charge in [0.2, 0.25) is 0 Å². The number of amides is 1. The van der Waals surface area contributed by atoms with Crippen LogP contribution in [0.4, 0.5) is 5.69 Å². The van der Waals surface area contributed by atoms with Crippen LogP contribution in [0.5, 0.6) is 5.75 Å². The molecule has 0 bridgehead atoms. The van der Waals surface area contributed by atoms with Crippen molar-refractivity contribution >= 4 is 17.6 Å². The monoisotopic (exact) mass is 310 g/mol. The van der Waals surface area contributed by atoms with Gasteiger partial charge in [-0.15, -0.1) is 0 Å². The van der Waals surface area contributed by atoms with Crippen molar-refractivity contribution in [2.75, 3.05) is 13.2 Å². The molecule has 0 heterocycles. The van der Waals surface area contributed by atoms with E-state index in [1.54, 1.807) is 13.8 Å². The van der Waals surface area contributed by atoms with E-state index in [9.17, 15) is 19.7 Å². The van der Waals surface area contributed by atoms with Crippen molar-refractivity contribution in [3.8, 4) is 5.75 Å². The molecule has 0 radical (unpaired) electrons. The number of nitrogens with zero attached hydrogens (tertiary/aromatic N) is 1. The second-order valence-electron chi connectivity index (χ2n) is 5.33. The topological polar surface area (TPSA) is 119 Å². The van der Waals surface area contributed by atoms with Gasteiger partial charge < -0.3 is 15.2 Å². The minimum Gasteiger partial charge on any atom is -0.484 e. The highest BCUT2D eigenvalue weighted by Crippen LogP contribution is 2.20. The van der Waals surface area contributed by atoms with Gasteiger partial charge in [-0.3, -0.25) is 19.7 Å². The first-order valence-corrected chi connectivity index (χ1v) is 6.60. The fourth-order valence-corrected chi connectivity index (χ4v) is 1.51. The van der Waals surface area contributed by atoms with Gasteiger partial charge >= 0.3 is 5.97 Å². The van der Waals surface area contributed by atoms with Crippen LogP contribution in [0.15, 0.2) is 24.3 Å². The fraction of sp³-hybridized carbons (Fsp3) is 0.429. The molecule has 0 aliphatic carbocycles. The SMILES string of the molecule is CC(C)(CCNC(=O)COc1cccc([N+](=O)[O-])c1)C(=O)O. The van der Waals surface area contributed by atoms with Gasteiger partial charge in [0.1, 0.15) is 5.75 Å². The van der Waals surface area contributed by atoms with E-state index in [1.165, 1.54) is 24.3 Å². The zero-order valence-corrected chi connectivity index (χ0v) is 12.4. The van der Waals surface area contributed by atoms with E-state index in [0.29, 0.717) is 0 Å². The van der Waals surface area contributed by atoms with Crippen LogP contribution in [-0.2, 0) is 9.59 Å². The van der Waals surface area contributed by atoms with Crippen molar-refractivity contribution in [1.29, 1.82) is 0 Å². The molecule has 0 saturated heterocycles. The zero-order valence-electron chi connectivity index (χ0n) is 12.4. The smallest absolute Gasteiger partial charge is 0.309 e. The van der Waals surface area contributed by atoms with Crippen molar-refractivity contribution < 1.29 is 24.4 Å². The third-order valence-electron chi connectivity index (χ3n) is 3.05. The van der Waals surface area contributed by atoms with Crippen molar-refractivity contribution in [3.05, 3.63) is 34.4 Å². The summed E-state index contributed by atoms with van der Waals surface area (Å²) in [5.74, 6) is -1.14. The molecule has 1 rings (SSSR count). The molecule has 8 heteroatoms. The number of carbonyl (C=O) groups is 2. The van der Waals surface area contributed by atoms with Gasteiger partial charge in [-0.2, -0.15) is 0 Å². The second kappa shape index (κ2) is 7.39. The molecule has 0 aliphatic rings. The highest BCUT2D eigenvalue weighted by molar-refractivity contribution is 5.77. The highest BCUT2D eigenvalue weighted by atomic mass is 16.6. The number of non-ortho nitro benzene ring substituents is 1. The lowest BCUT2D eigenvalue weighted by Crippen LogP contribution is -2.34. The van der Waals surface area contributed by atoms with Gasteiger partial charge in [0.05, 0.1) is 16.4 Å². The first kappa shape index (κ1) is 17.4. The summed E-state index contributed by atoms with van der Waals surface area (Å²) in [5.41, 5.74) is -1.05. The molecule has 2 N–H and O–H groups in total. The Morgan fingerprint density at radius 1 is 1.41 bits per heavy atom. The summed E-state index contributed by atoms with van der Waals surface area (Å²) >= 11 is 0. The third kappa shape index (κ3) is 5.39. The Hall–Kier alpha value is -2.64. The third-order valence-corrected chi connectivity index (χ3v) is 3.05. The Bertz CT molecular complexity index is 570. The van der Waals surface area contributed by atoms with Crippen LogP contribution in [0.2, 0.25) is 0 Å². The molecule has 1 aromatic carbocycles. The molecule has 0 aromatic heterocycles. The average Bonchev–Trinajstić information content (AvgIpc) is 2.45. The second-order valence-corrected chi connectivity index (χ2v) is 5.33. The van der Waals surface area contributed by atoms with Gasteiger partial charge in [0.25, 0.3) is 11.6 Å². The lowest BCUT2D eigenvalue weighted by molar-refractivity contribution is -0.384. The summed E-state index contributed by atoms with van der Waals surface area (Å²) in [6.07, 6.45) is 0.283. The number of carboxylic acids is 1. The molecule has 0 atom stereocenters. The summed E-state index contributed by atoms with van der Waals surface area (Å²) < 4.78 is 5.16. The van der Waals surface area contributed by atoms with Gasteiger partial charge in [-0.25, -0.2) is 0 Å². The Labute approximate surface area is 127 Å². The standard InChI is InChI=1S/C14H18N2O6/c1-14(2,13(18)19)6-7-15-12(17)9-22-11-5-3-4-10(8-11)16(20)21/h3-5,8H,6-7,9H2,1-2H3,(H,15,17)(H,18,19). The van der Waals surface area contributed by atoms with E-state index in [4.69, 9.17) is 9.84 Å². The molecule has 0 aliphatic heterocycles. The summed E-state index contributed by atoms with van der Waals surface area (Å²) in [6, 6.07) is 5.51. The number of carbonyl (C=O) groups excluding carboxylic acids is 1. The maximum atomic E-state index is 11.6. The van der Waals surface area contributed by atoms with Crippen LogP contribution in [0.25, 0.3) is 0 Å². The normalized spacial score (nSPS) is 10.8. The van der Waals surface area contributed by atoms with Gasteiger partial charge in [-0.05, 0) is 26.3 Å². The van der Waals surface area contributed by atoms with Crippen LogP contribution in [0.3, 0.4) is 0 Å². The fourth-order valence-electron chi connectivity index (χ4n) is 1.51. The van der Waals surface area contributed by atoms with E-state index in [0.717, 1.165) is 0 Å². The number of hydrogen-bond donors (Lipinski definition) is 2. The minimum absolute atomic E-state index is 0.124. The van der Waals surface area contributed by atoms with Crippen molar-refractivity contribution in [2.45, 2.75) is 20.3 Å². The number of rotatable bonds is 8. The maximum absolute atomic E-state index is 11.6. The van der Waals surface area contributed by atoms with Gasteiger partial charge in [-0.1, -0.05) is 6.07 Å². The highest BCUT2D eigenvalue weighted by Gasteiger charge is 2.26. The molecular formula is C14H18N2O6. The Balaban J connectivity index is 2.39. The van der Waals surface area contributed by atoms with Crippen LogP contribution in [0.1, 0.15) is 20.3 Å². The van der Waals surface area contributed by atoms with Crippen LogP contribution in [0, 0.1) is 15.5 Å². The van der Waals surface area contributed by atoms with E-state index in [1.807, 2.05) is 0 Å². The van der Waals surface area contributed by atoms with Gasteiger partial charge in [0.15, 0.2) is 6.61 Å². The molecule has 22 heavy (non-hydrogen) atoms. The number of nitro benzene ring substituents is 1. The number of aliphatic carboxylic acids is 1. The van der Waals surface area contributed by atoms with Crippen LogP contribution >= 0.6 is 0 Å². The molecule has 1 amide bonds. The summed E-state index contributed by atoms with van der Waals surface area (Å²) in [7, 11) is 0. The quantitative estimate of drug-likeness (QED) is 0.556. The molecular weight excluding hydrogens is 292 g/mol. The van der Waals surface area contributed by atoms with Gasteiger partial charge in [0, 0.05) is 12.6 Å². The minimum atomic E-state index is -0.936. The summed E-state index contributed by atoms with van der Waals surface area (Å²) in [6.45, 7) is 3.05. The Morgan fingerprint density at radius 3 is 2.68 bits per heavy atom. The molecule has 0 spiro atoms. The Morgan fingerprint density at radius 2 is 2.09 bits per heavy atom. The molecule has 1 aromatic rings. The van der Waals surface area contributed by atoms with E-state index in [2.05, 4.69) is 5.32 Å². The zero-order chi connectivity index (χ0) is 16.8. The molecule has 8 nitrogen and oxygen atoms in total. The molecule has 0 fully saturated rings. The van der Waals surface area contributed by atoms with E-state index >= 15 is 0 Å². The van der Waals surface area contributed by atoms with Crippen molar-refractivity contribution in [1.82, 2.24) is 5.32 Å². The Kier molecular flexibility index (Phi) is 5.85. The molecule has 0 unspecified atom stereocenters. The number of nitro groups is 1. The summed E-state index contributed by atoms with van der Waals surface area (Å²) in [4.78, 5) is 32.5. The first-order chi connectivity index (χ1) is 10.2. The van der Waals surface area contributed by atoms with E-state index in [-0.39, 0.29) is 31.0 Å².